The SMILES string of the molecule is CS(=O)(=O)c1ccc(C2(c3nc(C4CCOC4)no3)CCC2)cc1. The first-order valence-corrected chi connectivity index (χ1v) is 10.1. The molecule has 2 aliphatic rings. The lowest BCUT2D eigenvalue weighted by molar-refractivity contribution is 0.192. The van der Waals surface area contributed by atoms with Gasteiger partial charge in [-0.2, -0.15) is 4.98 Å². The maximum Gasteiger partial charge on any atom is 0.237 e. The average molecular weight is 348 g/mol. The molecule has 6 nitrogen and oxygen atoms in total. The van der Waals surface area contributed by atoms with Crippen molar-refractivity contribution in [3.05, 3.63) is 41.5 Å². The van der Waals surface area contributed by atoms with Gasteiger partial charge in [0, 0.05) is 18.8 Å². The van der Waals surface area contributed by atoms with Crippen LogP contribution in [-0.4, -0.2) is 38.0 Å². The summed E-state index contributed by atoms with van der Waals surface area (Å²) in [5.41, 5.74) is 0.764. The summed E-state index contributed by atoms with van der Waals surface area (Å²) in [5.74, 6) is 1.58. The summed E-state index contributed by atoms with van der Waals surface area (Å²) in [4.78, 5) is 4.99. The second-order valence-electron chi connectivity index (χ2n) is 6.75. The molecule has 1 saturated heterocycles. The summed E-state index contributed by atoms with van der Waals surface area (Å²) < 4.78 is 34.3. The Hall–Kier alpha value is -1.73. The van der Waals surface area contributed by atoms with Crippen molar-refractivity contribution >= 4 is 9.84 Å². The van der Waals surface area contributed by atoms with Crippen molar-refractivity contribution in [2.45, 2.75) is 41.9 Å². The normalized spacial score (nSPS) is 23.1. The molecule has 2 aromatic rings. The van der Waals surface area contributed by atoms with Gasteiger partial charge in [0.1, 0.15) is 0 Å². The number of nitrogens with zero attached hydrogens (tertiary/aromatic N) is 2. The Kier molecular flexibility index (Phi) is 3.73. The predicted octanol–water partition coefficient (Wildman–Crippen LogP) is 2.45. The molecule has 1 saturated carbocycles. The fourth-order valence-corrected chi connectivity index (χ4v) is 4.14. The molecule has 4 rings (SSSR count). The molecule has 0 radical (unpaired) electrons. The van der Waals surface area contributed by atoms with E-state index in [1.165, 1.54) is 6.26 Å². The Morgan fingerprint density at radius 2 is 1.96 bits per heavy atom. The minimum atomic E-state index is -3.19. The molecule has 1 unspecified atom stereocenters. The van der Waals surface area contributed by atoms with Gasteiger partial charge in [-0.3, -0.25) is 0 Å². The van der Waals surface area contributed by atoms with Gasteiger partial charge in [0.2, 0.25) is 5.89 Å². The van der Waals surface area contributed by atoms with E-state index < -0.39 is 9.84 Å². The fraction of sp³-hybridized carbons (Fsp3) is 0.529. The van der Waals surface area contributed by atoms with E-state index in [-0.39, 0.29) is 11.3 Å². The summed E-state index contributed by atoms with van der Waals surface area (Å²) >= 11 is 0. The molecule has 1 aromatic heterocycles. The maximum absolute atomic E-state index is 11.6. The van der Waals surface area contributed by atoms with Crippen molar-refractivity contribution < 1.29 is 17.7 Å². The molecule has 0 amide bonds. The zero-order valence-electron chi connectivity index (χ0n) is 13.6. The van der Waals surface area contributed by atoms with Crippen molar-refractivity contribution in [2.24, 2.45) is 0 Å². The Labute approximate surface area is 141 Å². The van der Waals surface area contributed by atoms with Crippen molar-refractivity contribution in [3.63, 3.8) is 0 Å². The van der Waals surface area contributed by atoms with E-state index in [0.29, 0.717) is 17.4 Å². The highest BCUT2D eigenvalue weighted by Gasteiger charge is 2.45. The van der Waals surface area contributed by atoms with Gasteiger partial charge < -0.3 is 9.26 Å². The molecule has 2 fully saturated rings. The first kappa shape index (κ1) is 15.8. The Morgan fingerprint density at radius 1 is 1.21 bits per heavy atom. The van der Waals surface area contributed by atoms with Gasteiger partial charge in [0.15, 0.2) is 15.7 Å². The van der Waals surface area contributed by atoms with E-state index >= 15 is 0 Å². The topological polar surface area (TPSA) is 82.3 Å². The Morgan fingerprint density at radius 3 is 2.50 bits per heavy atom. The highest BCUT2D eigenvalue weighted by molar-refractivity contribution is 7.90. The predicted molar refractivity (Wildman–Crippen MR) is 86.7 cm³/mol. The van der Waals surface area contributed by atoms with Crippen molar-refractivity contribution in [2.75, 3.05) is 19.5 Å². The number of rotatable bonds is 4. The Balaban J connectivity index is 1.66. The minimum absolute atomic E-state index is 0.215. The van der Waals surface area contributed by atoms with E-state index in [0.717, 1.165) is 43.7 Å². The monoisotopic (exact) mass is 348 g/mol. The summed E-state index contributed by atoms with van der Waals surface area (Å²) in [6.45, 7) is 1.39. The zero-order chi connectivity index (χ0) is 16.8. The molecule has 24 heavy (non-hydrogen) atoms. The highest BCUT2D eigenvalue weighted by atomic mass is 32.2. The third-order valence-electron chi connectivity index (χ3n) is 5.19. The van der Waals surface area contributed by atoms with Gasteiger partial charge in [-0.15, -0.1) is 0 Å². The number of hydrogen-bond donors (Lipinski definition) is 0. The lowest BCUT2D eigenvalue weighted by Crippen LogP contribution is -2.36. The number of sulfone groups is 1. The molecular weight excluding hydrogens is 328 g/mol. The van der Waals surface area contributed by atoms with Crippen molar-refractivity contribution in [3.8, 4) is 0 Å². The highest BCUT2D eigenvalue weighted by Crippen LogP contribution is 2.48. The molecule has 0 bridgehead atoms. The van der Waals surface area contributed by atoms with E-state index in [1.54, 1.807) is 12.1 Å². The van der Waals surface area contributed by atoms with E-state index in [2.05, 4.69) is 10.1 Å². The third kappa shape index (κ3) is 2.56. The second-order valence-corrected chi connectivity index (χ2v) is 8.77. The van der Waals surface area contributed by atoms with Crippen LogP contribution in [0.25, 0.3) is 0 Å². The quantitative estimate of drug-likeness (QED) is 0.844. The molecule has 0 spiro atoms. The standard InChI is InChI=1S/C17H20N2O4S/c1-24(20,21)14-5-3-13(4-6-14)17(8-2-9-17)16-18-15(19-23-16)12-7-10-22-11-12/h3-6,12H,2,7-11H2,1H3. The number of aromatic nitrogens is 2. The molecule has 128 valence electrons. The second kappa shape index (κ2) is 5.67. The van der Waals surface area contributed by atoms with Crippen LogP contribution in [0.1, 0.15) is 48.9 Å². The van der Waals surface area contributed by atoms with Crippen LogP contribution in [0, 0.1) is 0 Å². The van der Waals surface area contributed by atoms with Crippen molar-refractivity contribution in [1.82, 2.24) is 10.1 Å². The van der Waals surface area contributed by atoms with Crippen LogP contribution >= 0.6 is 0 Å². The molecule has 1 aromatic carbocycles. The van der Waals surface area contributed by atoms with E-state index in [4.69, 9.17) is 9.26 Å². The number of hydrogen-bond acceptors (Lipinski definition) is 6. The third-order valence-corrected chi connectivity index (χ3v) is 6.32. The zero-order valence-corrected chi connectivity index (χ0v) is 14.4. The lowest BCUT2D eigenvalue weighted by Gasteiger charge is -2.39. The summed E-state index contributed by atoms with van der Waals surface area (Å²) in [6, 6.07) is 7.07. The first-order valence-electron chi connectivity index (χ1n) is 8.21. The fourth-order valence-electron chi connectivity index (χ4n) is 3.51. The molecule has 1 aliphatic heterocycles. The van der Waals surface area contributed by atoms with Crippen LogP contribution < -0.4 is 0 Å². The van der Waals surface area contributed by atoms with Gasteiger partial charge in [-0.1, -0.05) is 23.7 Å². The van der Waals surface area contributed by atoms with E-state index in [1.807, 2.05) is 12.1 Å². The Bertz CT molecular complexity index is 832. The number of ether oxygens (including phenoxy) is 1. The smallest absolute Gasteiger partial charge is 0.237 e. The van der Waals surface area contributed by atoms with Gasteiger partial charge in [0.25, 0.3) is 0 Å². The summed E-state index contributed by atoms with van der Waals surface area (Å²) in [5, 5.41) is 4.17. The van der Waals surface area contributed by atoms with Crippen LogP contribution in [0.3, 0.4) is 0 Å². The van der Waals surface area contributed by atoms with E-state index in [9.17, 15) is 8.42 Å². The van der Waals surface area contributed by atoms with Crippen LogP contribution in [0.15, 0.2) is 33.7 Å². The number of benzene rings is 1. The van der Waals surface area contributed by atoms with Gasteiger partial charge in [-0.05, 0) is 37.0 Å². The maximum atomic E-state index is 11.6. The molecule has 1 aliphatic carbocycles. The molecule has 2 heterocycles. The lowest BCUT2D eigenvalue weighted by atomic mass is 9.64. The van der Waals surface area contributed by atoms with Crippen LogP contribution in [-0.2, 0) is 20.0 Å². The van der Waals surface area contributed by atoms with Gasteiger partial charge in [-0.25, -0.2) is 8.42 Å². The van der Waals surface area contributed by atoms with Gasteiger partial charge in [0.05, 0.1) is 16.9 Å². The van der Waals surface area contributed by atoms with Gasteiger partial charge >= 0.3 is 0 Å². The first-order chi connectivity index (χ1) is 11.5. The molecule has 1 atom stereocenters. The van der Waals surface area contributed by atoms with Crippen LogP contribution in [0.5, 0.6) is 0 Å². The van der Waals surface area contributed by atoms with Crippen LogP contribution in [0.2, 0.25) is 0 Å². The minimum Gasteiger partial charge on any atom is -0.381 e. The van der Waals surface area contributed by atoms with Crippen LogP contribution in [0.4, 0.5) is 0 Å². The molecule has 7 heteroatoms. The summed E-state index contributed by atoms with van der Waals surface area (Å²) in [6.07, 6.45) is 5.12. The average Bonchev–Trinajstić information content (AvgIpc) is 3.17. The summed E-state index contributed by atoms with van der Waals surface area (Å²) in [7, 11) is -3.19. The molecule has 0 N–H and O–H groups in total. The largest absolute Gasteiger partial charge is 0.381 e. The van der Waals surface area contributed by atoms with Crippen molar-refractivity contribution in [1.29, 1.82) is 0 Å². The molecular formula is C17H20N2O4S.